The molecule has 0 amide bonds. The summed E-state index contributed by atoms with van der Waals surface area (Å²) in [6.45, 7) is 17.1. The number of para-hydroxylation sites is 1. The van der Waals surface area contributed by atoms with E-state index < -0.39 is 5.41 Å². The van der Waals surface area contributed by atoms with Gasteiger partial charge in [0.05, 0.1) is 17.3 Å². The van der Waals surface area contributed by atoms with Gasteiger partial charge in [-0.3, -0.25) is 9.59 Å². The van der Waals surface area contributed by atoms with Crippen molar-refractivity contribution in [3.8, 4) is 5.69 Å². The molecule has 0 N–H and O–H groups in total. The molecule has 46 heavy (non-hydrogen) atoms. The number of hydrogen-bond acceptors (Lipinski definition) is 5. The first kappa shape index (κ1) is 32.5. The van der Waals surface area contributed by atoms with Gasteiger partial charge in [0.25, 0.3) is 0 Å². The number of carbonyl (C=O) groups is 2. The minimum atomic E-state index is -0.494. The number of halogens is 1. The Morgan fingerprint density at radius 1 is 1.00 bits per heavy atom. The largest absolute Gasteiger partial charge is 0.459 e. The Hall–Kier alpha value is -2.03. The van der Waals surface area contributed by atoms with Gasteiger partial charge in [-0.25, -0.2) is 4.68 Å². The van der Waals surface area contributed by atoms with E-state index in [1.807, 2.05) is 30.5 Å². The van der Waals surface area contributed by atoms with Crippen molar-refractivity contribution in [3.63, 3.8) is 0 Å². The molecule has 4 fully saturated rings. The Labute approximate surface area is 289 Å². The topological polar surface area (TPSA) is 74.1 Å². The molecule has 0 saturated heterocycles. The molecule has 5 aliphatic rings. The molecular formula is C39H52IN3O3. The smallest absolute Gasteiger partial charge is 0.313 e. The van der Waals surface area contributed by atoms with Gasteiger partial charge >= 0.3 is 5.97 Å². The van der Waals surface area contributed by atoms with Crippen LogP contribution in [0.5, 0.6) is 0 Å². The lowest BCUT2D eigenvalue weighted by atomic mass is 9.33. The summed E-state index contributed by atoms with van der Waals surface area (Å²) >= 11 is 2.30. The second-order valence-electron chi connectivity index (χ2n) is 17.1. The van der Waals surface area contributed by atoms with Gasteiger partial charge in [0.1, 0.15) is 18.1 Å². The zero-order valence-electron chi connectivity index (χ0n) is 28.9. The standard InChI is InChI=1S/C39H52IN3O3/c1-24-14-19-39(34(45)46-23-26-22-43(42-41-26)29-11-9-8-10-28(29)40)21-20-37(6)27(33(39)25(24)2)12-13-31-36(5)17-16-32(44)35(3,4)30(36)15-18-38(31,37)7/h8-12,22,24-25,30-31,33H,13-21,23H2,1-7H3/t24-,25+,30+,31-,33+,36+,37-,38-,39+/m1/s1. The minimum Gasteiger partial charge on any atom is -0.459 e. The third-order valence-electron chi connectivity index (χ3n) is 15.1. The Morgan fingerprint density at radius 2 is 1.76 bits per heavy atom. The highest BCUT2D eigenvalue weighted by Crippen LogP contribution is 2.75. The van der Waals surface area contributed by atoms with E-state index in [0.717, 1.165) is 60.6 Å². The SMILES string of the molecule is C[C@H]1[C@H](C)CC[C@]2(C(=O)OCc3cn(-c4ccccc4I)nn3)CC[C@]3(C)C(=CC[C@@H]4[C@@]5(C)CCC(=O)C(C)(C)[C@@H]5CC[C@]43C)[C@H]12. The van der Waals surface area contributed by atoms with Crippen LogP contribution in [0.25, 0.3) is 5.69 Å². The molecule has 1 heterocycles. The summed E-state index contributed by atoms with van der Waals surface area (Å²) in [7, 11) is 0. The van der Waals surface area contributed by atoms with E-state index >= 15 is 0 Å². The van der Waals surface area contributed by atoms with Crippen LogP contribution in [-0.2, 0) is 20.9 Å². The lowest BCUT2D eigenvalue weighted by molar-refractivity contribution is -0.193. The second-order valence-corrected chi connectivity index (χ2v) is 18.3. The van der Waals surface area contributed by atoms with Crippen molar-refractivity contribution in [1.29, 1.82) is 0 Å². The Bertz CT molecular complexity index is 1600. The third-order valence-corrected chi connectivity index (χ3v) is 16.0. The first-order valence-corrected chi connectivity index (χ1v) is 18.8. The number of Topliss-reactive ketones (excluding diaryl/α,β-unsaturated/α-hetero) is 1. The monoisotopic (exact) mass is 737 g/mol. The molecule has 1 aromatic heterocycles. The van der Waals surface area contributed by atoms with Crippen LogP contribution in [-0.4, -0.2) is 26.7 Å². The van der Waals surface area contributed by atoms with Crippen molar-refractivity contribution < 1.29 is 14.3 Å². The van der Waals surface area contributed by atoms with E-state index in [0.29, 0.717) is 41.6 Å². The average molecular weight is 738 g/mol. The van der Waals surface area contributed by atoms with Gasteiger partial charge in [-0.05, 0) is 132 Å². The minimum absolute atomic E-state index is 0.0325. The summed E-state index contributed by atoms with van der Waals surface area (Å²) in [4.78, 5) is 27.6. The average Bonchev–Trinajstić information content (AvgIpc) is 3.49. The van der Waals surface area contributed by atoms with Crippen LogP contribution < -0.4 is 0 Å². The Balaban J connectivity index is 1.19. The normalized spacial score (nSPS) is 41.3. The Morgan fingerprint density at radius 3 is 2.52 bits per heavy atom. The van der Waals surface area contributed by atoms with Crippen LogP contribution in [0, 0.1) is 60.2 Å². The number of carbonyl (C=O) groups excluding carboxylic acids is 2. The maximum absolute atomic E-state index is 14.5. The molecule has 0 aliphatic heterocycles. The molecule has 7 heteroatoms. The van der Waals surface area contributed by atoms with E-state index in [4.69, 9.17) is 4.74 Å². The van der Waals surface area contributed by atoms with Crippen LogP contribution in [0.15, 0.2) is 42.1 Å². The highest BCUT2D eigenvalue weighted by atomic mass is 127. The van der Waals surface area contributed by atoms with Crippen molar-refractivity contribution in [2.24, 2.45) is 56.7 Å². The van der Waals surface area contributed by atoms with Crippen LogP contribution in [0.1, 0.15) is 112 Å². The number of allylic oxidation sites excluding steroid dienone is 2. The van der Waals surface area contributed by atoms with Crippen molar-refractivity contribution in [2.45, 2.75) is 113 Å². The number of benzene rings is 1. The molecule has 6 nitrogen and oxygen atoms in total. The number of rotatable bonds is 4. The number of aromatic nitrogens is 3. The maximum Gasteiger partial charge on any atom is 0.313 e. The first-order chi connectivity index (χ1) is 21.7. The molecular weight excluding hydrogens is 685 g/mol. The lowest BCUT2D eigenvalue weighted by Gasteiger charge is -2.70. The van der Waals surface area contributed by atoms with E-state index in [1.165, 1.54) is 0 Å². The predicted octanol–water partition coefficient (Wildman–Crippen LogP) is 9.14. The zero-order chi connectivity index (χ0) is 32.9. The summed E-state index contributed by atoms with van der Waals surface area (Å²) in [5.74, 6) is 2.56. The molecule has 9 atom stereocenters. The van der Waals surface area contributed by atoms with E-state index in [-0.39, 0.29) is 40.2 Å². The molecule has 0 unspecified atom stereocenters. The van der Waals surface area contributed by atoms with Crippen molar-refractivity contribution in [3.05, 3.63) is 51.4 Å². The summed E-state index contributed by atoms with van der Waals surface area (Å²) in [6.07, 6.45) is 13.4. The summed E-state index contributed by atoms with van der Waals surface area (Å²) in [5.41, 5.74) is 2.78. The molecule has 4 saturated carbocycles. The van der Waals surface area contributed by atoms with Crippen molar-refractivity contribution in [2.75, 3.05) is 0 Å². The molecule has 1 aromatic carbocycles. The molecule has 5 aliphatic carbocycles. The van der Waals surface area contributed by atoms with Crippen LogP contribution in [0.3, 0.4) is 0 Å². The van der Waals surface area contributed by atoms with Crippen LogP contribution in [0.4, 0.5) is 0 Å². The van der Waals surface area contributed by atoms with E-state index in [1.54, 1.807) is 10.3 Å². The third kappa shape index (κ3) is 4.44. The summed E-state index contributed by atoms with van der Waals surface area (Å²) in [5, 5.41) is 8.70. The predicted molar refractivity (Wildman–Crippen MR) is 188 cm³/mol. The highest BCUT2D eigenvalue weighted by Gasteiger charge is 2.69. The molecule has 248 valence electrons. The van der Waals surface area contributed by atoms with E-state index in [2.05, 4.69) is 87.4 Å². The van der Waals surface area contributed by atoms with Gasteiger partial charge in [-0.2, -0.15) is 0 Å². The van der Waals surface area contributed by atoms with E-state index in [9.17, 15) is 9.59 Å². The van der Waals surface area contributed by atoms with Crippen molar-refractivity contribution in [1.82, 2.24) is 15.0 Å². The second kappa shape index (κ2) is 11.0. The number of esters is 1. The van der Waals surface area contributed by atoms with Gasteiger partial charge in [0.2, 0.25) is 0 Å². The highest BCUT2D eigenvalue weighted by molar-refractivity contribution is 14.1. The fraction of sp³-hybridized carbons (Fsp3) is 0.692. The number of ether oxygens (including phenoxy) is 1. The van der Waals surface area contributed by atoms with Crippen LogP contribution in [0.2, 0.25) is 0 Å². The molecule has 7 rings (SSSR count). The van der Waals surface area contributed by atoms with Gasteiger partial charge < -0.3 is 4.74 Å². The maximum atomic E-state index is 14.5. The fourth-order valence-corrected chi connectivity index (χ4v) is 12.7. The van der Waals surface area contributed by atoms with Gasteiger partial charge in [-0.1, -0.05) is 77.5 Å². The zero-order valence-corrected chi connectivity index (χ0v) is 31.0. The number of ketones is 1. The number of fused-ring (bicyclic) bond motifs is 7. The summed E-state index contributed by atoms with van der Waals surface area (Å²) in [6, 6.07) is 8.06. The van der Waals surface area contributed by atoms with Gasteiger partial charge in [-0.15, -0.1) is 5.10 Å². The van der Waals surface area contributed by atoms with Gasteiger partial charge in [0, 0.05) is 15.4 Å². The molecule has 0 radical (unpaired) electrons. The number of nitrogens with zero attached hydrogens (tertiary/aromatic N) is 3. The summed E-state index contributed by atoms with van der Waals surface area (Å²) < 4.78 is 9.10. The Kier molecular flexibility index (Phi) is 7.77. The lowest BCUT2D eigenvalue weighted by Crippen LogP contribution is -2.65. The van der Waals surface area contributed by atoms with Crippen molar-refractivity contribution >= 4 is 34.3 Å². The van der Waals surface area contributed by atoms with Gasteiger partial charge in [0.15, 0.2) is 0 Å². The number of hydrogen-bond donors (Lipinski definition) is 0. The quantitative estimate of drug-likeness (QED) is 0.178. The molecule has 2 aromatic rings. The first-order valence-electron chi connectivity index (χ1n) is 17.8. The molecule has 0 bridgehead atoms. The van der Waals surface area contributed by atoms with Crippen LogP contribution >= 0.6 is 22.6 Å². The molecule has 0 spiro atoms. The fourth-order valence-electron chi connectivity index (χ4n) is 12.0.